The maximum absolute atomic E-state index is 12.9. The average molecular weight is 465 g/mol. The third-order valence-electron chi connectivity index (χ3n) is 5.23. The van der Waals surface area contributed by atoms with Crippen LogP contribution < -0.4 is 5.32 Å². The van der Waals surface area contributed by atoms with Gasteiger partial charge < -0.3 is 10.2 Å². The van der Waals surface area contributed by atoms with Gasteiger partial charge in [0.25, 0.3) is 0 Å². The first kappa shape index (κ1) is 21.7. The van der Waals surface area contributed by atoms with Crippen LogP contribution in [0.25, 0.3) is 0 Å². The first-order chi connectivity index (χ1) is 14.4. The normalized spacial score (nSPS) is 16.8. The summed E-state index contributed by atoms with van der Waals surface area (Å²) in [5.74, 6) is -1.84. The van der Waals surface area contributed by atoms with Gasteiger partial charge >= 0.3 is 18.3 Å². The zero-order chi connectivity index (χ0) is 22.6. The number of benzene rings is 1. The Morgan fingerprint density at radius 2 is 1.84 bits per heavy atom. The summed E-state index contributed by atoms with van der Waals surface area (Å²) < 4.78 is 76.9. The van der Waals surface area contributed by atoms with Crippen LogP contribution in [-0.2, 0) is 23.9 Å². The minimum Gasteiger partial charge on any atom is -0.330 e. The van der Waals surface area contributed by atoms with E-state index in [4.69, 9.17) is 11.6 Å². The fourth-order valence-corrected chi connectivity index (χ4v) is 3.79. The van der Waals surface area contributed by atoms with Crippen molar-refractivity contribution in [3.8, 4) is 0 Å². The number of nitrogens with zero attached hydrogens (tertiary/aromatic N) is 3. The van der Waals surface area contributed by atoms with E-state index in [-0.39, 0.29) is 31.4 Å². The highest BCUT2D eigenvalue weighted by molar-refractivity contribution is 6.30. The second-order valence-corrected chi connectivity index (χ2v) is 7.84. The predicted octanol–water partition coefficient (Wildman–Crippen LogP) is 5.22. The average Bonchev–Trinajstić information content (AvgIpc) is 3.50. The minimum absolute atomic E-state index is 0.0871. The number of amides is 1. The van der Waals surface area contributed by atoms with Gasteiger partial charge in [-0.1, -0.05) is 17.7 Å². The van der Waals surface area contributed by atoms with Crippen LogP contribution in [0.15, 0.2) is 18.3 Å². The summed E-state index contributed by atoms with van der Waals surface area (Å²) in [6.45, 7) is -0.244. The SMILES string of the molecule is O=C(N1CCc2cc(Nc3ncc(C(F)(F)F)c(Cl)n3)c(C3CC3)cc2C1)C(F)(F)F. The molecule has 166 valence electrons. The Kier molecular flexibility index (Phi) is 5.27. The number of hydrogen-bond acceptors (Lipinski definition) is 4. The van der Waals surface area contributed by atoms with E-state index >= 15 is 0 Å². The van der Waals surface area contributed by atoms with E-state index in [1.807, 2.05) is 0 Å². The molecule has 0 unspecified atom stereocenters. The maximum atomic E-state index is 12.9. The molecule has 0 saturated heterocycles. The molecule has 1 aliphatic carbocycles. The zero-order valence-electron chi connectivity index (χ0n) is 15.7. The standard InChI is InChI=1S/C19H15ClF6N4O/c20-15-13(18(21,22)23)7-27-17(29-15)28-14-6-10-3-4-30(16(31)19(24,25)26)8-11(10)5-12(14)9-1-2-9/h5-7,9H,1-4,8H2,(H,27,28,29). The van der Waals surface area contributed by atoms with Gasteiger partial charge in [0.15, 0.2) is 0 Å². The molecule has 1 aromatic heterocycles. The number of carbonyl (C=O) groups excluding carboxylic acids is 1. The molecule has 1 saturated carbocycles. The molecule has 4 rings (SSSR count). The van der Waals surface area contributed by atoms with Gasteiger partial charge in [-0.25, -0.2) is 9.97 Å². The summed E-state index contributed by atoms with van der Waals surface area (Å²) in [7, 11) is 0. The molecule has 1 fully saturated rings. The molecule has 2 aliphatic rings. The first-order valence-corrected chi connectivity index (χ1v) is 9.70. The number of hydrogen-bond donors (Lipinski definition) is 1. The third kappa shape index (κ3) is 4.56. The second kappa shape index (κ2) is 7.54. The Morgan fingerprint density at radius 1 is 1.13 bits per heavy atom. The molecule has 12 heteroatoms. The van der Waals surface area contributed by atoms with E-state index < -0.39 is 29.0 Å². The number of carbonyl (C=O) groups is 1. The molecule has 1 aliphatic heterocycles. The Bertz CT molecular complexity index is 1040. The van der Waals surface area contributed by atoms with Gasteiger partial charge in [-0.3, -0.25) is 4.79 Å². The van der Waals surface area contributed by atoms with E-state index in [1.54, 1.807) is 12.1 Å². The lowest BCUT2D eigenvalue weighted by Gasteiger charge is -2.30. The molecule has 0 spiro atoms. The van der Waals surface area contributed by atoms with Gasteiger partial charge in [0.2, 0.25) is 5.95 Å². The van der Waals surface area contributed by atoms with E-state index in [1.165, 1.54) is 0 Å². The van der Waals surface area contributed by atoms with Crippen LogP contribution in [0.3, 0.4) is 0 Å². The monoisotopic (exact) mass is 464 g/mol. The zero-order valence-corrected chi connectivity index (χ0v) is 16.5. The summed E-state index contributed by atoms with van der Waals surface area (Å²) in [5.41, 5.74) is 1.56. The van der Waals surface area contributed by atoms with Gasteiger partial charge in [-0.05, 0) is 47.9 Å². The molecule has 31 heavy (non-hydrogen) atoms. The summed E-state index contributed by atoms with van der Waals surface area (Å²) in [6.07, 6.45) is -7.07. The molecular formula is C19H15ClF6N4O. The van der Waals surface area contributed by atoms with Crippen molar-refractivity contribution < 1.29 is 31.1 Å². The van der Waals surface area contributed by atoms with Gasteiger partial charge in [0.1, 0.15) is 10.7 Å². The summed E-state index contributed by atoms with van der Waals surface area (Å²) >= 11 is 5.65. The number of anilines is 2. The van der Waals surface area contributed by atoms with Crippen LogP contribution >= 0.6 is 11.6 Å². The highest BCUT2D eigenvalue weighted by Gasteiger charge is 2.43. The predicted molar refractivity (Wildman–Crippen MR) is 98.9 cm³/mol. The largest absolute Gasteiger partial charge is 0.471 e. The van der Waals surface area contributed by atoms with Crippen molar-refractivity contribution in [2.75, 3.05) is 11.9 Å². The number of aromatic nitrogens is 2. The van der Waals surface area contributed by atoms with Crippen LogP contribution in [0.1, 0.15) is 41.0 Å². The molecule has 0 radical (unpaired) electrons. The number of rotatable bonds is 3. The smallest absolute Gasteiger partial charge is 0.330 e. The minimum atomic E-state index is -4.93. The number of alkyl halides is 6. The molecule has 2 heterocycles. The molecule has 1 N–H and O–H groups in total. The molecule has 1 amide bonds. The van der Waals surface area contributed by atoms with Crippen molar-refractivity contribution in [3.05, 3.63) is 45.7 Å². The quantitative estimate of drug-likeness (QED) is 0.500. The highest BCUT2D eigenvalue weighted by atomic mass is 35.5. The lowest BCUT2D eigenvalue weighted by Crippen LogP contribution is -2.43. The van der Waals surface area contributed by atoms with Crippen LogP contribution in [-0.4, -0.2) is 33.5 Å². The first-order valence-electron chi connectivity index (χ1n) is 9.32. The fourth-order valence-electron chi connectivity index (χ4n) is 3.55. The lowest BCUT2D eigenvalue weighted by molar-refractivity contribution is -0.186. The molecule has 1 aromatic carbocycles. The van der Waals surface area contributed by atoms with Crippen molar-refractivity contribution >= 4 is 29.1 Å². The van der Waals surface area contributed by atoms with Crippen LogP contribution in [0.4, 0.5) is 38.0 Å². The molecule has 2 aromatic rings. The molecular weight excluding hydrogens is 450 g/mol. The van der Waals surface area contributed by atoms with Gasteiger partial charge in [0.05, 0.1) is 0 Å². The highest BCUT2D eigenvalue weighted by Crippen LogP contribution is 2.45. The Hall–Kier alpha value is -2.56. The van der Waals surface area contributed by atoms with Crippen LogP contribution in [0.2, 0.25) is 5.15 Å². The van der Waals surface area contributed by atoms with E-state index in [9.17, 15) is 31.1 Å². The summed E-state index contributed by atoms with van der Waals surface area (Å²) in [6, 6.07) is 3.48. The van der Waals surface area contributed by atoms with E-state index in [2.05, 4.69) is 15.3 Å². The summed E-state index contributed by atoms with van der Waals surface area (Å²) in [5, 5.41) is 2.15. The van der Waals surface area contributed by atoms with Gasteiger partial charge in [-0.2, -0.15) is 26.3 Å². The number of fused-ring (bicyclic) bond motifs is 1. The molecule has 0 bridgehead atoms. The lowest BCUT2D eigenvalue weighted by atomic mass is 9.94. The van der Waals surface area contributed by atoms with Crippen molar-refractivity contribution in [1.82, 2.24) is 14.9 Å². The van der Waals surface area contributed by atoms with E-state index in [0.29, 0.717) is 17.4 Å². The van der Waals surface area contributed by atoms with Gasteiger partial charge in [-0.15, -0.1) is 0 Å². The van der Waals surface area contributed by atoms with Crippen molar-refractivity contribution in [2.24, 2.45) is 0 Å². The van der Waals surface area contributed by atoms with Gasteiger partial charge in [0, 0.05) is 25.0 Å². The van der Waals surface area contributed by atoms with Crippen molar-refractivity contribution in [2.45, 2.75) is 44.1 Å². The number of halogens is 7. The third-order valence-corrected chi connectivity index (χ3v) is 5.51. The Labute approximate surface area is 177 Å². The fraction of sp³-hybridized carbons (Fsp3) is 0.421. The van der Waals surface area contributed by atoms with Crippen LogP contribution in [0, 0.1) is 0 Å². The number of nitrogens with one attached hydrogen (secondary N) is 1. The maximum Gasteiger partial charge on any atom is 0.471 e. The van der Waals surface area contributed by atoms with E-state index in [0.717, 1.165) is 28.9 Å². The van der Waals surface area contributed by atoms with Crippen molar-refractivity contribution in [1.29, 1.82) is 0 Å². The Morgan fingerprint density at radius 3 is 2.42 bits per heavy atom. The summed E-state index contributed by atoms with van der Waals surface area (Å²) in [4.78, 5) is 19.7. The molecule has 0 atom stereocenters. The topological polar surface area (TPSA) is 58.1 Å². The molecule has 5 nitrogen and oxygen atoms in total. The Balaban J connectivity index is 1.62. The van der Waals surface area contributed by atoms with Crippen LogP contribution in [0.5, 0.6) is 0 Å². The second-order valence-electron chi connectivity index (χ2n) is 7.48. The van der Waals surface area contributed by atoms with Crippen molar-refractivity contribution in [3.63, 3.8) is 0 Å².